The molecular weight excluding hydrogens is 381 g/mol. The summed E-state index contributed by atoms with van der Waals surface area (Å²) in [5.41, 5.74) is 1.18. The first kappa shape index (κ1) is 21.9. The van der Waals surface area contributed by atoms with Gasteiger partial charge in [-0.3, -0.25) is 14.5 Å². The molecule has 2 rings (SSSR count). The molecule has 0 saturated heterocycles. The quantitative estimate of drug-likeness (QED) is 0.751. The van der Waals surface area contributed by atoms with Crippen molar-refractivity contribution >= 4 is 29.1 Å². The molecule has 1 atom stereocenters. The number of benzene rings is 2. The number of nitrogens with zero attached hydrogens (tertiary/aromatic N) is 2. The number of carbonyl (C=O) groups excluding carboxylic acids is 2. The molecule has 150 valence electrons. The Morgan fingerprint density at radius 1 is 1.07 bits per heavy atom. The number of likely N-dealkylation sites (N-methyl/N-ethyl adjacent to an activating group) is 1. The average molecular weight is 406 g/mol. The van der Waals surface area contributed by atoms with Gasteiger partial charge in [0.15, 0.2) is 0 Å². The maximum Gasteiger partial charge on any atom is 0.253 e. The third-order valence-electron chi connectivity index (χ3n) is 4.49. The summed E-state index contributed by atoms with van der Waals surface area (Å²) in [5, 5.41) is 2.96. The molecule has 7 heteroatoms. The lowest BCUT2D eigenvalue weighted by Crippen LogP contribution is -2.33. The smallest absolute Gasteiger partial charge is 0.253 e. The lowest BCUT2D eigenvalue weighted by molar-refractivity contribution is -0.120. The van der Waals surface area contributed by atoms with E-state index in [0.29, 0.717) is 24.3 Å². The third kappa shape index (κ3) is 4.88. The van der Waals surface area contributed by atoms with Gasteiger partial charge in [-0.2, -0.15) is 0 Å². The standard InChI is InChI=1S/C21H25ClFN3O2/c1-5-26(6-2)21(28)14-10-12-15(13-11-14)24-20(27)19(25(3)4)18-16(22)8-7-9-17(18)23/h7-13,19H,5-6H2,1-4H3,(H,24,27)/t19-/m0/s1. The van der Waals surface area contributed by atoms with Crippen molar-refractivity contribution < 1.29 is 14.0 Å². The fourth-order valence-electron chi connectivity index (χ4n) is 3.00. The van der Waals surface area contributed by atoms with Gasteiger partial charge in [0.1, 0.15) is 11.9 Å². The van der Waals surface area contributed by atoms with E-state index < -0.39 is 17.8 Å². The monoisotopic (exact) mass is 405 g/mol. The molecule has 28 heavy (non-hydrogen) atoms. The van der Waals surface area contributed by atoms with E-state index in [0.717, 1.165) is 0 Å². The van der Waals surface area contributed by atoms with Crippen molar-refractivity contribution in [3.8, 4) is 0 Å². The lowest BCUT2D eigenvalue weighted by atomic mass is 10.0. The fraction of sp³-hybridized carbons (Fsp3) is 0.333. The summed E-state index contributed by atoms with van der Waals surface area (Å²) in [7, 11) is 3.36. The summed E-state index contributed by atoms with van der Waals surface area (Å²) in [6.07, 6.45) is 0. The molecular formula is C21H25ClFN3O2. The predicted octanol–water partition coefficient (Wildman–Crippen LogP) is 4.20. The molecule has 0 aromatic heterocycles. The van der Waals surface area contributed by atoms with Crippen LogP contribution in [0.5, 0.6) is 0 Å². The van der Waals surface area contributed by atoms with Crippen LogP contribution in [0.4, 0.5) is 10.1 Å². The number of anilines is 1. The maximum absolute atomic E-state index is 14.3. The molecule has 0 aliphatic rings. The minimum atomic E-state index is -0.898. The Balaban J connectivity index is 2.22. The zero-order valence-electron chi connectivity index (χ0n) is 16.5. The van der Waals surface area contributed by atoms with E-state index in [9.17, 15) is 14.0 Å². The molecule has 0 fully saturated rings. The SMILES string of the molecule is CCN(CC)C(=O)c1ccc(NC(=O)[C@H](c2c(F)cccc2Cl)N(C)C)cc1. The molecule has 2 amide bonds. The van der Waals surface area contributed by atoms with Crippen LogP contribution in [0.1, 0.15) is 35.8 Å². The Bertz CT molecular complexity index is 816. The van der Waals surface area contributed by atoms with E-state index in [-0.39, 0.29) is 16.5 Å². The van der Waals surface area contributed by atoms with Crippen molar-refractivity contribution in [3.05, 3.63) is 64.4 Å². The van der Waals surface area contributed by atoms with Crippen LogP contribution in [0, 0.1) is 5.82 Å². The van der Waals surface area contributed by atoms with Gasteiger partial charge >= 0.3 is 0 Å². The molecule has 0 saturated carbocycles. The summed E-state index contributed by atoms with van der Waals surface area (Å²) in [5.74, 6) is -1.02. The highest BCUT2D eigenvalue weighted by atomic mass is 35.5. The molecule has 0 radical (unpaired) electrons. The second-order valence-corrected chi connectivity index (χ2v) is 6.95. The topological polar surface area (TPSA) is 52.7 Å². The molecule has 0 heterocycles. The predicted molar refractivity (Wildman–Crippen MR) is 110 cm³/mol. The van der Waals surface area contributed by atoms with Crippen LogP contribution in [-0.4, -0.2) is 48.8 Å². The van der Waals surface area contributed by atoms with E-state index >= 15 is 0 Å². The van der Waals surface area contributed by atoms with Crippen LogP contribution < -0.4 is 5.32 Å². The largest absolute Gasteiger partial charge is 0.339 e. The first-order chi connectivity index (χ1) is 13.3. The molecule has 0 spiro atoms. The highest BCUT2D eigenvalue weighted by molar-refractivity contribution is 6.31. The number of hydrogen-bond donors (Lipinski definition) is 1. The second-order valence-electron chi connectivity index (χ2n) is 6.55. The van der Waals surface area contributed by atoms with Gasteiger partial charge < -0.3 is 10.2 Å². The van der Waals surface area contributed by atoms with Gasteiger partial charge in [0.25, 0.3) is 5.91 Å². The zero-order chi connectivity index (χ0) is 20.8. The normalized spacial score (nSPS) is 12.0. The highest BCUT2D eigenvalue weighted by Gasteiger charge is 2.28. The Hall–Kier alpha value is -2.44. The van der Waals surface area contributed by atoms with Crippen molar-refractivity contribution in [3.63, 3.8) is 0 Å². The number of amides is 2. The minimum Gasteiger partial charge on any atom is -0.339 e. The third-order valence-corrected chi connectivity index (χ3v) is 4.82. The molecule has 2 aromatic carbocycles. The van der Waals surface area contributed by atoms with Crippen LogP contribution in [0.15, 0.2) is 42.5 Å². The van der Waals surface area contributed by atoms with Crippen LogP contribution in [0.2, 0.25) is 5.02 Å². The Morgan fingerprint density at radius 3 is 2.18 bits per heavy atom. The van der Waals surface area contributed by atoms with Crippen molar-refractivity contribution in [1.82, 2.24) is 9.80 Å². The molecule has 0 bridgehead atoms. The van der Waals surface area contributed by atoms with Crippen LogP contribution in [-0.2, 0) is 4.79 Å². The molecule has 0 aliphatic heterocycles. The Morgan fingerprint density at radius 2 is 1.68 bits per heavy atom. The average Bonchev–Trinajstić information content (AvgIpc) is 2.65. The highest BCUT2D eigenvalue weighted by Crippen LogP contribution is 2.30. The summed E-state index contributed by atoms with van der Waals surface area (Å²) >= 11 is 6.14. The van der Waals surface area contributed by atoms with Gasteiger partial charge in [-0.25, -0.2) is 4.39 Å². The Labute approximate surface area is 170 Å². The van der Waals surface area contributed by atoms with Crippen LogP contribution in [0.25, 0.3) is 0 Å². The van der Waals surface area contributed by atoms with Crippen molar-refractivity contribution in [2.45, 2.75) is 19.9 Å². The minimum absolute atomic E-state index is 0.0628. The van der Waals surface area contributed by atoms with Gasteiger partial charge in [0.2, 0.25) is 5.91 Å². The molecule has 0 aliphatic carbocycles. The first-order valence-electron chi connectivity index (χ1n) is 9.10. The summed E-state index contributed by atoms with van der Waals surface area (Å²) in [6, 6.07) is 10.1. The van der Waals surface area contributed by atoms with E-state index in [1.807, 2.05) is 13.8 Å². The van der Waals surface area contributed by atoms with E-state index in [1.54, 1.807) is 54.2 Å². The number of hydrogen-bond acceptors (Lipinski definition) is 3. The maximum atomic E-state index is 14.3. The van der Waals surface area contributed by atoms with E-state index in [1.165, 1.54) is 12.1 Å². The van der Waals surface area contributed by atoms with Crippen molar-refractivity contribution in [2.75, 3.05) is 32.5 Å². The van der Waals surface area contributed by atoms with Crippen LogP contribution in [0.3, 0.4) is 0 Å². The lowest BCUT2D eigenvalue weighted by Gasteiger charge is -2.25. The summed E-state index contributed by atoms with van der Waals surface area (Å²) in [6.45, 7) is 5.10. The van der Waals surface area contributed by atoms with Gasteiger partial charge in [0.05, 0.1) is 0 Å². The molecule has 1 N–H and O–H groups in total. The molecule has 5 nitrogen and oxygen atoms in total. The second kappa shape index (κ2) is 9.66. The first-order valence-corrected chi connectivity index (χ1v) is 9.48. The molecule has 2 aromatic rings. The van der Waals surface area contributed by atoms with Gasteiger partial charge in [0, 0.05) is 34.9 Å². The van der Waals surface area contributed by atoms with Crippen LogP contribution >= 0.6 is 11.6 Å². The zero-order valence-corrected chi connectivity index (χ0v) is 17.3. The van der Waals surface area contributed by atoms with Crippen molar-refractivity contribution in [1.29, 1.82) is 0 Å². The van der Waals surface area contributed by atoms with E-state index in [2.05, 4.69) is 5.32 Å². The number of carbonyl (C=O) groups is 2. The van der Waals surface area contributed by atoms with Gasteiger partial charge in [-0.15, -0.1) is 0 Å². The van der Waals surface area contributed by atoms with Gasteiger partial charge in [-0.05, 0) is 64.3 Å². The van der Waals surface area contributed by atoms with Crippen molar-refractivity contribution in [2.24, 2.45) is 0 Å². The Kier molecular flexibility index (Phi) is 7.54. The summed E-state index contributed by atoms with van der Waals surface area (Å²) < 4.78 is 14.3. The number of rotatable bonds is 7. The summed E-state index contributed by atoms with van der Waals surface area (Å²) in [4.78, 5) is 28.5. The number of nitrogens with one attached hydrogen (secondary N) is 1. The van der Waals surface area contributed by atoms with E-state index in [4.69, 9.17) is 11.6 Å². The number of halogens is 2. The molecule has 0 unspecified atom stereocenters. The van der Waals surface area contributed by atoms with Gasteiger partial charge in [-0.1, -0.05) is 17.7 Å². The fourth-order valence-corrected chi connectivity index (χ4v) is 3.26.